The maximum absolute atomic E-state index is 12.8. The normalized spacial score (nSPS) is 18.5. The first kappa shape index (κ1) is 19.2. The zero-order valence-electron chi connectivity index (χ0n) is 16.4. The Morgan fingerprint density at radius 1 is 1.21 bits per heavy atom. The van der Waals surface area contributed by atoms with Crippen molar-refractivity contribution in [3.05, 3.63) is 59.0 Å². The zero-order valence-corrected chi connectivity index (χ0v) is 16.4. The molecule has 2 aromatic rings. The summed E-state index contributed by atoms with van der Waals surface area (Å²) >= 11 is 0. The van der Waals surface area contributed by atoms with E-state index in [1.54, 1.807) is 13.0 Å². The summed E-state index contributed by atoms with van der Waals surface area (Å²) in [6.07, 6.45) is 5.54. The van der Waals surface area contributed by atoms with Crippen LogP contribution in [0.25, 0.3) is 0 Å². The molecule has 7 nitrogen and oxygen atoms in total. The molecule has 2 atom stereocenters. The first-order chi connectivity index (χ1) is 14.0. The topological polar surface area (TPSA) is 91.7 Å². The molecule has 2 heterocycles. The number of furan rings is 1. The van der Waals surface area contributed by atoms with Crippen LogP contribution in [0.4, 0.5) is 0 Å². The molecule has 29 heavy (non-hydrogen) atoms. The second-order valence-corrected chi connectivity index (χ2v) is 7.70. The van der Waals surface area contributed by atoms with E-state index in [2.05, 4.69) is 16.7 Å². The summed E-state index contributed by atoms with van der Waals surface area (Å²) in [7, 11) is 0. The van der Waals surface area contributed by atoms with Gasteiger partial charge in [-0.3, -0.25) is 14.4 Å². The van der Waals surface area contributed by atoms with Crippen LogP contribution in [-0.2, 0) is 17.6 Å². The van der Waals surface area contributed by atoms with Crippen LogP contribution in [-0.4, -0.2) is 47.8 Å². The van der Waals surface area contributed by atoms with Gasteiger partial charge in [-0.1, -0.05) is 6.07 Å². The van der Waals surface area contributed by atoms with E-state index in [-0.39, 0.29) is 23.6 Å². The van der Waals surface area contributed by atoms with Gasteiger partial charge in [0.15, 0.2) is 5.76 Å². The number of fused-ring (bicyclic) bond motifs is 1. The summed E-state index contributed by atoms with van der Waals surface area (Å²) < 4.78 is 5.02. The van der Waals surface area contributed by atoms with Crippen molar-refractivity contribution in [2.45, 2.75) is 44.7 Å². The van der Waals surface area contributed by atoms with Crippen LogP contribution in [0.2, 0.25) is 0 Å². The molecule has 1 saturated heterocycles. The smallest absolute Gasteiger partial charge is 0.287 e. The number of nitrogens with one attached hydrogen (secondary N) is 2. The van der Waals surface area contributed by atoms with Crippen LogP contribution in [0.3, 0.4) is 0 Å². The van der Waals surface area contributed by atoms with Gasteiger partial charge < -0.3 is 20.0 Å². The summed E-state index contributed by atoms with van der Waals surface area (Å²) in [5, 5.41) is 5.44. The Bertz CT molecular complexity index is 922. The van der Waals surface area contributed by atoms with Crippen molar-refractivity contribution in [2.24, 2.45) is 0 Å². The fourth-order valence-electron chi connectivity index (χ4n) is 3.90. The SMILES string of the molecule is C[C@H](NC(=O)c1ccco1)C(=O)NCC1CCN1C(=O)c1ccc2c(c1)CCC2. The summed E-state index contributed by atoms with van der Waals surface area (Å²) in [5.41, 5.74) is 3.35. The van der Waals surface area contributed by atoms with Crippen LogP contribution in [0, 0.1) is 0 Å². The fraction of sp³-hybridized carbons (Fsp3) is 0.409. The van der Waals surface area contributed by atoms with Gasteiger partial charge in [0.1, 0.15) is 6.04 Å². The van der Waals surface area contributed by atoms with Crippen molar-refractivity contribution < 1.29 is 18.8 Å². The van der Waals surface area contributed by atoms with Crippen molar-refractivity contribution in [2.75, 3.05) is 13.1 Å². The number of aryl methyl sites for hydroxylation is 2. The van der Waals surface area contributed by atoms with Crippen molar-refractivity contribution in [1.82, 2.24) is 15.5 Å². The van der Waals surface area contributed by atoms with E-state index < -0.39 is 11.9 Å². The molecule has 1 fully saturated rings. The molecule has 7 heteroatoms. The molecule has 2 aliphatic rings. The van der Waals surface area contributed by atoms with Crippen molar-refractivity contribution >= 4 is 17.7 Å². The molecule has 0 saturated carbocycles. The van der Waals surface area contributed by atoms with Crippen LogP contribution in [0.15, 0.2) is 41.0 Å². The van der Waals surface area contributed by atoms with Gasteiger partial charge in [-0.25, -0.2) is 0 Å². The molecular formula is C22H25N3O4. The Balaban J connectivity index is 1.28. The first-order valence-electron chi connectivity index (χ1n) is 10.1. The van der Waals surface area contributed by atoms with Crippen LogP contribution in [0.1, 0.15) is 51.8 Å². The highest BCUT2D eigenvalue weighted by Gasteiger charge is 2.33. The third kappa shape index (κ3) is 4.04. The van der Waals surface area contributed by atoms with Crippen LogP contribution < -0.4 is 10.6 Å². The minimum atomic E-state index is -0.700. The Hall–Kier alpha value is -3.09. The third-order valence-electron chi connectivity index (χ3n) is 5.75. The highest BCUT2D eigenvalue weighted by atomic mass is 16.3. The Morgan fingerprint density at radius 2 is 2.03 bits per heavy atom. The van der Waals surface area contributed by atoms with Crippen LogP contribution in [0.5, 0.6) is 0 Å². The quantitative estimate of drug-likeness (QED) is 0.782. The van der Waals surface area contributed by atoms with Crippen molar-refractivity contribution in [1.29, 1.82) is 0 Å². The van der Waals surface area contributed by atoms with E-state index >= 15 is 0 Å². The number of carbonyl (C=O) groups excluding carboxylic acids is 3. The van der Waals surface area contributed by atoms with Gasteiger partial charge in [0.25, 0.3) is 11.8 Å². The summed E-state index contributed by atoms with van der Waals surface area (Å²) in [5.74, 6) is -0.546. The predicted molar refractivity (Wildman–Crippen MR) is 107 cm³/mol. The number of hydrogen-bond acceptors (Lipinski definition) is 4. The molecule has 1 unspecified atom stereocenters. The molecule has 0 spiro atoms. The van der Waals surface area contributed by atoms with E-state index in [4.69, 9.17) is 4.42 Å². The molecule has 3 amide bonds. The Kier molecular flexibility index (Phi) is 5.38. The summed E-state index contributed by atoms with van der Waals surface area (Å²) in [6.45, 7) is 2.68. The maximum Gasteiger partial charge on any atom is 0.287 e. The molecule has 0 bridgehead atoms. The maximum atomic E-state index is 12.8. The lowest BCUT2D eigenvalue weighted by Gasteiger charge is -2.41. The molecule has 0 radical (unpaired) electrons. The molecule has 152 valence electrons. The molecule has 1 aromatic heterocycles. The number of nitrogens with zero attached hydrogens (tertiary/aromatic N) is 1. The average molecular weight is 395 g/mol. The summed E-state index contributed by atoms with van der Waals surface area (Å²) in [4.78, 5) is 38.9. The Labute approximate surface area is 169 Å². The van der Waals surface area contributed by atoms with Crippen LogP contribution >= 0.6 is 0 Å². The van der Waals surface area contributed by atoms with Crippen molar-refractivity contribution in [3.8, 4) is 0 Å². The highest BCUT2D eigenvalue weighted by molar-refractivity contribution is 5.96. The van der Waals surface area contributed by atoms with Gasteiger partial charge in [0, 0.05) is 18.7 Å². The van der Waals surface area contributed by atoms with Gasteiger partial charge in [0.2, 0.25) is 5.91 Å². The van der Waals surface area contributed by atoms with E-state index in [1.165, 1.54) is 23.5 Å². The molecule has 2 N–H and O–H groups in total. The molecule has 1 aromatic carbocycles. The number of amides is 3. The van der Waals surface area contributed by atoms with Crippen molar-refractivity contribution in [3.63, 3.8) is 0 Å². The average Bonchev–Trinajstić information content (AvgIpc) is 3.38. The minimum Gasteiger partial charge on any atom is -0.459 e. The van der Waals surface area contributed by atoms with E-state index in [9.17, 15) is 14.4 Å². The molecular weight excluding hydrogens is 370 g/mol. The van der Waals surface area contributed by atoms with Gasteiger partial charge >= 0.3 is 0 Å². The molecule has 1 aliphatic heterocycles. The first-order valence-corrected chi connectivity index (χ1v) is 10.1. The predicted octanol–water partition coefficient (Wildman–Crippen LogP) is 1.92. The number of hydrogen-bond donors (Lipinski definition) is 2. The second kappa shape index (κ2) is 8.11. The van der Waals surface area contributed by atoms with E-state index in [0.29, 0.717) is 13.1 Å². The molecule has 1 aliphatic carbocycles. The number of carbonyl (C=O) groups is 3. The number of rotatable bonds is 6. The lowest BCUT2D eigenvalue weighted by Crippen LogP contribution is -2.57. The third-order valence-corrected chi connectivity index (χ3v) is 5.75. The largest absolute Gasteiger partial charge is 0.459 e. The zero-order chi connectivity index (χ0) is 20.4. The van der Waals surface area contributed by atoms with Gasteiger partial charge in [-0.15, -0.1) is 0 Å². The monoisotopic (exact) mass is 395 g/mol. The van der Waals surface area contributed by atoms with Gasteiger partial charge in [-0.05, 0) is 68.0 Å². The standard InChI is InChI=1S/C22H25N3O4/c1-14(24-21(27)19-6-3-11-29-19)20(26)23-13-18-9-10-25(18)22(28)17-8-7-15-4-2-5-16(15)12-17/h3,6-8,11-12,14,18H,2,4-5,9-10,13H2,1H3,(H,23,26)(H,24,27)/t14-,18?/m0/s1. The molecule has 4 rings (SSSR count). The van der Waals surface area contributed by atoms with Gasteiger partial charge in [-0.2, -0.15) is 0 Å². The number of likely N-dealkylation sites (tertiary alicyclic amines) is 1. The highest BCUT2D eigenvalue weighted by Crippen LogP contribution is 2.25. The minimum absolute atomic E-state index is 0.0179. The number of benzene rings is 1. The Morgan fingerprint density at radius 3 is 2.76 bits per heavy atom. The van der Waals surface area contributed by atoms with Gasteiger partial charge in [0.05, 0.1) is 12.3 Å². The van der Waals surface area contributed by atoms with E-state index in [0.717, 1.165) is 31.2 Å². The van der Waals surface area contributed by atoms with E-state index in [1.807, 2.05) is 17.0 Å². The lowest BCUT2D eigenvalue weighted by atomic mass is 9.99. The second-order valence-electron chi connectivity index (χ2n) is 7.70. The fourth-order valence-corrected chi connectivity index (χ4v) is 3.90. The summed E-state index contributed by atoms with van der Waals surface area (Å²) in [6, 6.07) is 8.42. The lowest BCUT2D eigenvalue weighted by molar-refractivity contribution is -0.123.